The molecule has 0 spiro atoms. The molecule has 3 aliphatic rings. The minimum absolute atomic E-state index is 0.0408. The van der Waals surface area contributed by atoms with Crippen LogP contribution < -0.4 is 9.47 Å². The van der Waals surface area contributed by atoms with E-state index in [9.17, 15) is 4.79 Å². The number of carbonyl (C=O) groups is 1. The van der Waals surface area contributed by atoms with Crippen LogP contribution in [0.3, 0.4) is 0 Å². The second kappa shape index (κ2) is 12.3. The highest BCUT2D eigenvalue weighted by Crippen LogP contribution is 2.37. The zero-order valence-electron chi connectivity index (χ0n) is 22.3. The number of fused-ring (bicyclic) bond motifs is 2. The van der Waals surface area contributed by atoms with Crippen LogP contribution in [0.4, 0.5) is 0 Å². The summed E-state index contributed by atoms with van der Waals surface area (Å²) in [5.41, 5.74) is 2.96. The van der Waals surface area contributed by atoms with Crippen molar-refractivity contribution >= 4 is 16.9 Å². The molecule has 0 bridgehead atoms. The first-order chi connectivity index (χ1) is 19.7. The standard InChI is InChI=1S/C30H34N2O8/c33-11-12-35-13-14-36-29-17-22(24-19-37-25-4-2-1-3-23(24)25)16-28(40-29)30(34)32-9-7-31(8-10-32)18-21-5-6-26-27(15-21)39-20-38-26/h1-6,15-16,19,22,29,33H,7-14,17-18,20H2. The number of aliphatic hydroxyl groups excluding tert-OH is 1. The van der Waals surface area contributed by atoms with Gasteiger partial charge in [0.1, 0.15) is 5.58 Å². The van der Waals surface area contributed by atoms with Gasteiger partial charge in [-0.3, -0.25) is 9.69 Å². The van der Waals surface area contributed by atoms with Crippen LogP contribution in [-0.2, 0) is 25.5 Å². The van der Waals surface area contributed by atoms with Gasteiger partial charge in [-0.2, -0.15) is 0 Å². The van der Waals surface area contributed by atoms with Gasteiger partial charge < -0.3 is 38.1 Å². The molecule has 1 N–H and O–H groups in total. The van der Waals surface area contributed by atoms with E-state index < -0.39 is 6.29 Å². The van der Waals surface area contributed by atoms with Crippen molar-refractivity contribution in [1.29, 1.82) is 0 Å². The first kappa shape index (κ1) is 26.6. The van der Waals surface area contributed by atoms with E-state index in [2.05, 4.69) is 11.0 Å². The number of furan rings is 1. The summed E-state index contributed by atoms with van der Waals surface area (Å²) in [5, 5.41) is 9.94. The van der Waals surface area contributed by atoms with Crippen molar-refractivity contribution in [3.63, 3.8) is 0 Å². The largest absolute Gasteiger partial charge is 0.464 e. The molecule has 2 atom stereocenters. The molecule has 0 aliphatic carbocycles. The minimum atomic E-state index is -0.604. The van der Waals surface area contributed by atoms with Crippen LogP contribution in [0.25, 0.3) is 11.0 Å². The second-order valence-electron chi connectivity index (χ2n) is 10.1. The highest BCUT2D eigenvalue weighted by molar-refractivity contribution is 5.92. The summed E-state index contributed by atoms with van der Waals surface area (Å²) in [7, 11) is 0. The Morgan fingerprint density at radius 3 is 2.73 bits per heavy atom. The molecule has 6 rings (SSSR count). The third kappa shape index (κ3) is 5.95. The van der Waals surface area contributed by atoms with Crippen molar-refractivity contribution in [2.45, 2.75) is 25.2 Å². The lowest BCUT2D eigenvalue weighted by Crippen LogP contribution is -2.49. The van der Waals surface area contributed by atoms with Gasteiger partial charge in [-0.05, 0) is 29.8 Å². The van der Waals surface area contributed by atoms with Crippen LogP contribution in [0.2, 0.25) is 0 Å². The van der Waals surface area contributed by atoms with Gasteiger partial charge in [-0.25, -0.2) is 0 Å². The Balaban J connectivity index is 1.11. The third-order valence-corrected chi connectivity index (χ3v) is 7.45. The zero-order chi connectivity index (χ0) is 27.3. The molecule has 2 unspecified atom stereocenters. The molecule has 1 fully saturated rings. The second-order valence-corrected chi connectivity index (χ2v) is 10.1. The van der Waals surface area contributed by atoms with Crippen molar-refractivity contribution in [1.82, 2.24) is 9.80 Å². The molecular weight excluding hydrogens is 516 g/mol. The van der Waals surface area contributed by atoms with Crippen LogP contribution in [0.5, 0.6) is 11.5 Å². The van der Waals surface area contributed by atoms with Crippen LogP contribution in [-0.4, -0.2) is 86.5 Å². The van der Waals surface area contributed by atoms with Crippen LogP contribution >= 0.6 is 0 Å². The van der Waals surface area contributed by atoms with Gasteiger partial charge >= 0.3 is 0 Å². The number of nitrogens with zero attached hydrogens (tertiary/aromatic N) is 2. The third-order valence-electron chi connectivity index (χ3n) is 7.45. The van der Waals surface area contributed by atoms with E-state index in [-0.39, 0.29) is 31.8 Å². The molecular formula is C30H34N2O8. The lowest BCUT2D eigenvalue weighted by atomic mass is 9.92. The van der Waals surface area contributed by atoms with E-state index in [1.807, 2.05) is 47.4 Å². The number of piperazine rings is 1. The van der Waals surface area contributed by atoms with Crippen molar-refractivity contribution in [2.75, 3.05) is 59.4 Å². The number of benzene rings is 2. The number of hydrogen-bond donors (Lipinski definition) is 1. The van der Waals surface area contributed by atoms with Crippen molar-refractivity contribution in [3.05, 3.63) is 71.7 Å². The highest BCUT2D eigenvalue weighted by atomic mass is 16.7. The van der Waals surface area contributed by atoms with Gasteiger partial charge in [-0.15, -0.1) is 0 Å². The molecule has 3 aliphatic heterocycles. The van der Waals surface area contributed by atoms with Gasteiger partial charge in [0.2, 0.25) is 13.1 Å². The lowest BCUT2D eigenvalue weighted by Gasteiger charge is -2.36. The number of aliphatic hydroxyl groups is 1. The number of amides is 1. The monoisotopic (exact) mass is 550 g/mol. The molecule has 40 heavy (non-hydrogen) atoms. The van der Waals surface area contributed by atoms with Gasteiger partial charge in [-0.1, -0.05) is 24.3 Å². The topological polar surface area (TPSA) is 103 Å². The number of ether oxygens (including phenoxy) is 5. The van der Waals surface area contributed by atoms with Gasteiger partial charge in [0.05, 0.1) is 32.7 Å². The quantitative estimate of drug-likeness (QED) is 0.381. The number of rotatable bonds is 10. The first-order valence-corrected chi connectivity index (χ1v) is 13.7. The van der Waals surface area contributed by atoms with E-state index in [1.165, 1.54) is 0 Å². The molecule has 2 aromatic carbocycles. The summed E-state index contributed by atoms with van der Waals surface area (Å²) in [6.45, 7) is 4.59. The first-order valence-electron chi connectivity index (χ1n) is 13.7. The Morgan fingerprint density at radius 1 is 1.00 bits per heavy atom. The molecule has 1 aromatic heterocycles. The molecule has 10 nitrogen and oxygen atoms in total. The van der Waals surface area contributed by atoms with Crippen molar-refractivity contribution in [2.24, 2.45) is 0 Å². The van der Waals surface area contributed by atoms with Crippen molar-refractivity contribution < 1.29 is 38.0 Å². The van der Waals surface area contributed by atoms with E-state index in [0.29, 0.717) is 38.5 Å². The van der Waals surface area contributed by atoms with E-state index in [4.69, 9.17) is 33.2 Å². The lowest BCUT2D eigenvalue weighted by molar-refractivity contribution is -0.157. The molecule has 10 heteroatoms. The number of allylic oxidation sites excluding steroid dienone is 1. The van der Waals surface area contributed by atoms with Gasteiger partial charge in [0, 0.05) is 56.0 Å². The summed E-state index contributed by atoms with van der Waals surface area (Å²) in [5.74, 6) is 1.62. The molecule has 0 saturated carbocycles. The molecule has 1 saturated heterocycles. The van der Waals surface area contributed by atoms with Gasteiger partial charge in [0.15, 0.2) is 17.3 Å². The Bertz CT molecular complexity index is 1350. The Morgan fingerprint density at radius 2 is 1.85 bits per heavy atom. The zero-order valence-corrected chi connectivity index (χ0v) is 22.3. The molecule has 1 amide bonds. The Kier molecular flexibility index (Phi) is 8.19. The fourth-order valence-electron chi connectivity index (χ4n) is 5.38. The van der Waals surface area contributed by atoms with Gasteiger partial charge in [0.25, 0.3) is 5.91 Å². The molecule has 3 aromatic rings. The van der Waals surface area contributed by atoms with E-state index in [0.717, 1.165) is 53.2 Å². The van der Waals surface area contributed by atoms with E-state index in [1.54, 1.807) is 6.26 Å². The number of carbonyl (C=O) groups excluding carboxylic acids is 1. The smallest absolute Gasteiger partial charge is 0.288 e. The molecule has 212 valence electrons. The maximum Gasteiger partial charge on any atom is 0.288 e. The predicted molar refractivity (Wildman–Crippen MR) is 145 cm³/mol. The Hall–Kier alpha value is -3.57. The predicted octanol–water partition coefficient (Wildman–Crippen LogP) is 3.25. The Labute approximate surface area is 232 Å². The van der Waals surface area contributed by atoms with Crippen LogP contribution in [0, 0.1) is 0 Å². The normalized spacial score (nSPS) is 20.9. The summed E-state index contributed by atoms with van der Waals surface area (Å²) >= 11 is 0. The maximum atomic E-state index is 13.6. The summed E-state index contributed by atoms with van der Waals surface area (Å²) < 4.78 is 34.1. The number of para-hydroxylation sites is 1. The summed E-state index contributed by atoms with van der Waals surface area (Å²) in [4.78, 5) is 17.8. The average molecular weight is 551 g/mol. The fraction of sp³-hybridized carbons (Fsp3) is 0.433. The maximum absolute atomic E-state index is 13.6. The van der Waals surface area contributed by atoms with Crippen LogP contribution in [0.15, 0.2) is 65.0 Å². The highest BCUT2D eigenvalue weighted by Gasteiger charge is 2.33. The number of hydrogen-bond acceptors (Lipinski definition) is 9. The SMILES string of the molecule is O=C(C1=CC(c2coc3ccccc23)CC(OCCOCCO)O1)N1CCN(Cc2ccc3c(c2)OCO3)CC1. The average Bonchev–Trinajstić information content (AvgIpc) is 3.64. The van der Waals surface area contributed by atoms with E-state index >= 15 is 0 Å². The minimum Gasteiger partial charge on any atom is -0.464 e. The summed E-state index contributed by atoms with van der Waals surface area (Å²) in [6, 6.07) is 13.9. The fourth-order valence-corrected chi connectivity index (χ4v) is 5.38. The molecule has 4 heterocycles. The summed E-state index contributed by atoms with van der Waals surface area (Å²) in [6.07, 6.45) is 3.60. The van der Waals surface area contributed by atoms with Crippen molar-refractivity contribution in [3.8, 4) is 11.5 Å². The molecule has 0 radical (unpaired) electrons. The van der Waals surface area contributed by atoms with Crippen LogP contribution in [0.1, 0.15) is 23.5 Å².